The monoisotopic (exact) mass is 459 g/mol. The van der Waals surface area contributed by atoms with E-state index in [1.807, 2.05) is 16.8 Å². The van der Waals surface area contributed by atoms with Crippen molar-refractivity contribution in [2.45, 2.75) is 77.3 Å². The van der Waals surface area contributed by atoms with Crippen LogP contribution >= 0.6 is 0 Å². The van der Waals surface area contributed by atoms with E-state index in [4.69, 9.17) is 4.98 Å². The summed E-state index contributed by atoms with van der Waals surface area (Å²) in [7, 11) is 0. The van der Waals surface area contributed by atoms with Crippen LogP contribution in [0.4, 0.5) is 5.95 Å². The molecule has 3 heterocycles. The lowest BCUT2D eigenvalue weighted by molar-refractivity contribution is 0.219. The van der Waals surface area contributed by atoms with Crippen molar-refractivity contribution >= 4 is 17.0 Å². The van der Waals surface area contributed by atoms with Gasteiger partial charge in [0.05, 0.1) is 0 Å². The molecule has 1 aliphatic heterocycles. The first-order chi connectivity index (χ1) is 16.6. The SMILES string of the molecule is CCCN1CCC(Nc2ncc3cc(Cc4cccc(C)c4)c(=O)n(C4CCCC4)c3n2)CC1. The van der Waals surface area contributed by atoms with E-state index in [0.717, 1.165) is 55.4 Å². The van der Waals surface area contributed by atoms with Gasteiger partial charge in [-0.1, -0.05) is 49.6 Å². The summed E-state index contributed by atoms with van der Waals surface area (Å²) in [6.45, 7) is 7.75. The van der Waals surface area contributed by atoms with E-state index in [9.17, 15) is 4.79 Å². The minimum atomic E-state index is 0.110. The van der Waals surface area contributed by atoms with E-state index in [1.165, 1.54) is 36.9 Å². The zero-order chi connectivity index (χ0) is 23.5. The van der Waals surface area contributed by atoms with Gasteiger partial charge in [-0.25, -0.2) is 4.98 Å². The predicted molar refractivity (Wildman–Crippen MR) is 139 cm³/mol. The second kappa shape index (κ2) is 10.3. The molecule has 0 spiro atoms. The third-order valence-electron chi connectivity index (χ3n) is 7.47. The van der Waals surface area contributed by atoms with Crippen molar-refractivity contribution in [2.24, 2.45) is 0 Å². The van der Waals surface area contributed by atoms with Crippen LogP contribution in [-0.2, 0) is 6.42 Å². The second-order valence-electron chi connectivity index (χ2n) is 10.2. The molecular weight excluding hydrogens is 422 g/mol. The van der Waals surface area contributed by atoms with Crippen LogP contribution in [0.2, 0.25) is 0 Å². The maximum absolute atomic E-state index is 13.7. The lowest BCUT2D eigenvalue weighted by Gasteiger charge is -2.32. The Balaban J connectivity index is 1.46. The fraction of sp³-hybridized carbons (Fsp3) is 0.536. The van der Waals surface area contributed by atoms with Crippen molar-refractivity contribution in [3.63, 3.8) is 0 Å². The number of benzene rings is 1. The third-order valence-corrected chi connectivity index (χ3v) is 7.47. The first kappa shape index (κ1) is 23.0. The van der Waals surface area contributed by atoms with Crippen molar-refractivity contribution in [3.8, 4) is 0 Å². The van der Waals surface area contributed by atoms with Gasteiger partial charge >= 0.3 is 0 Å². The summed E-state index contributed by atoms with van der Waals surface area (Å²) in [6.07, 6.45) is 10.4. The topological polar surface area (TPSA) is 63.1 Å². The summed E-state index contributed by atoms with van der Waals surface area (Å²) >= 11 is 0. The van der Waals surface area contributed by atoms with Gasteiger partial charge in [0.2, 0.25) is 5.95 Å². The van der Waals surface area contributed by atoms with E-state index in [1.54, 1.807) is 0 Å². The molecule has 2 aliphatic rings. The van der Waals surface area contributed by atoms with Gasteiger partial charge in [0.15, 0.2) is 0 Å². The lowest BCUT2D eigenvalue weighted by atomic mass is 10.0. The maximum Gasteiger partial charge on any atom is 0.256 e. The largest absolute Gasteiger partial charge is 0.351 e. The fourth-order valence-electron chi connectivity index (χ4n) is 5.72. The van der Waals surface area contributed by atoms with Crippen LogP contribution in [-0.4, -0.2) is 45.1 Å². The van der Waals surface area contributed by atoms with Crippen molar-refractivity contribution in [2.75, 3.05) is 25.0 Å². The molecule has 1 saturated carbocycles. The zero-order valence-corrected chi connectivity index (χ0v) is 20.6. The quantitative estimate of drug-likeness (QED) is 0.533. The van der Waals surface area contributed by atoms with Crippen molar-refractivity contribution < 1.29 is 0 Å². The van der Waals surface area contributed by atoms with Crippen LogP contribution in [0.15, 0.2) is 41.3 Å². The molecule has 5 rings (SSSR count). The van der Waals surface area contributed by atoms with Gasteiger partial charge < -0.3 is 10.2 Å². The van der Waals surface area contributed by atoms with E-state index >= 15 is 0 Å². The van der Waals surface area contributed by atoms with Crippen molar-refractivity contribution in [1.29, 1.82) is 0 Å². The Bertz CT molecular complexity index is 1190. The molecular formula is C28H37N5O. The molecule has 1 aromatic carbocycles. The third kappa shape index (κ3) is 5.02. The number of pyridine rings is 1. The second-order valence-corrected chi connectivity index (χ2v) is 10.2. The Morgan fingerprint density at radius 2 is 1.88 bits per heavy atom. The molecule has 2 aromatic heterocycles. The number of aromatic nitrogens is 3. The van der Waals surface area contributed by atoms with Gasteiger partial charge in [-0.2, -0.15) is 4.98 Å². The highest BCUT2D eigenvalue weighted by Gasteiger charge is 2.24. The van der Waals surface area contributed by atoms with Gasteiger partial charge in [0.1, 0.15) is 5.65 Å². The van der Waals surface area contributed by atoms with Crippen molar-refractivity contribution in [1.82, 2.24) is 19.4 Å². The fourth-order valence-corrected chi connectivity index (χ4v) is 5.72. The van der Waals surface area contributed by atoms with E-state index < -0.39 is 0 Å². The normalized spacial score (nSPS) is 18.1. The average Bonchev–Trinajstić information content (AvgIpc) is 3.36. The van der Waals surface area contributed by atoms with Crippen LogP contribution in [0.25, 0.3) is 11.0 Å². The Morgan fingerprint density at radius 3 is 2.62 bits per heavy atom. The molecule has 0 amide bonds. The number of aryl methyl sites for hydroxylation is 1. The molecule has 1 aliphatic carbocycles. The lowest BCUT2D eigenvalue weighted by Crippen LogP contribution is -2.39. The number of hydrogen-bond acceptors (Lipinski definition) is 5. The standard InChI is InChI=1S/C28H37N5O/c1-3-13-32-14-11-24(12-15-32)30-28-29-19-23-18-22(17-21-8-6-7-20(2)16-21)27(34)33(26(23)31-28)25-9-4-5-10-25/h6-8,16,18-19,24-25H,3-5,9-15,17H2,1-2H3,(H,29,30,31). The van der Waals surface area contributed by atoms with E-state index in [2.05, 4.69) is 53.3 Å². The number of likely N-dealkylation sites (tertiary alicyclic amines) is 1. The Hall–Kier alpha value is -2.73. The van der Waals surface area contributed by atoms with Gasteiger partial charge in [-0.05, 0) is 57.2 Å². The molecule has 6 heteroatoms. The highest BCUT2D eigenvalue weighted by atomic mass is 16.1. The smallest absolute Gasteiger partial charge is 0.256 e. The van der Waals surface area contributed by atoms with Crippen LogP contribution in [0.3, 0.4) is 0 Å². The zero-order valence-electron chi connectivity index (χ0n) is 20.6. The summed E-state index contributed by atoms with van der Waals surface area (Å²) in [5.41, 5.74) is 4.11. The molecule has 1 N–H and O–H groups in total. The Labute approximate surface area is 202 Å². The summed E-state index contributed by atoms with van der Waals surface area (Å²) in [5.74, 6) is 0.652. The number of nitrogens with zero attached hydrogens (tertiary/aromatic N) is 4. The van der Waals surface area contributed by atoms with Crippen molar-refractivity contribution in [3.05, 3.63) is 63.6 Å². The first-order valence-corrected chi connectivity index (χ1v) is 13.1. The molecule has 1 saturated heterocycles. The molecule has 2 fully saturated rings. The van der Waals surface area contributed by atoms with Crippen LogP contribution in [0, 0.1) is 6.92 Å². The van der Waals surface area contributed by atoms with E-state index in [-0.39, 0.29) is 11.6 Å². The Morgan fingerprint density at radius 1 is 1.09 bits per heavy atom. The molecule has 0 bridgehead atoms. The molecule has 0 unspecified atom stereocenters. The predicted octanol–water partition coefficient (Wildman–Crippen LogP) is 5.09. The van der Waals surface area contributed by atoms with E-state index in [0.29, 0.717) is 18.4 Å². The molecule has 0 atom stereocenters. The number of hydrogen-bond donors (Lipinski definition) is 1. The Kier molecular flexibility index (Phi) is 6.95. The van der Waals surface area contributed by atoms with Crippen LogP contribution in [0.5, 0.6) is 0 Å². The van der Waals surface area contributed by atoms with Crippen LogP contribution < -0.4 is 10.9 Å². The number of rotatable bonds is 7. The van der Waals surface area contributed by atoms with Crippen LogP contribution in [0.1, 0.15) is 74.6 Å². The average molecular weight is 460 g/mol. The minimum absolute atomic E-state index is 0.110. The molecule has 6 nitrogen and oxygen atoms in total. The maximum atomic E-state index is 13.7. The first-order valence-electron chi connectivity index (χ1n) is 13.1. The summed E-state index contributed by atoms with van der Waals surface area (Å²) in [4.78, 5) is 25.9. The molecule has 34 heavy (non-hydrogen) atoms. The summed E-state index contributed by atoms with van der Waals surface area (Å²) < 4.78 is 1.99. The minimum Gasteiger partial charge on any atom is -0.351 e. The highest BCUT2D eigenvalue weighted by Crippen LogP contribution is 2.31. The molecule has 0 radical (unpaired) electrons. The van der Waals surface area contributed by atoms with Gasteiger partial charge in [-0.3, -0.25) is 9.36 Å². The summed E-state index contributed by atoms with van der Waals surface area (Å²) in [6, 6.07) is 11.1. The van der Waals surface area contributed by atoms with Gasteiger partial charge in [0.25, 0.3) is 5.56 Å². The summed E-state index contributed by atoms with van der Waals surface area (Å²) in [5, 5.41) is 4.53. The number of piperidine rings is 1. The molecule has 180 valence electrons. The number of fused-ring (bicyclic) bond motifs is 1. The molecule has 3 aromatic rings. The highest BCUT2D eigenvalue weighted by molar-refractivity contribution is 5.76. The number of anilines is 1. The number of nitrogens with one attached hydrogen (secondary N) is 1. The van der Waals surface area contributed by atoms with Gasteiger partial charge in [-0.15, -0.1) is 0 Å². The van der Waals surface area contributed by atoms with Gasteiger partial charge in [0, 0.05) is 48.7 Å².